The molecule has 0 aliphatic carbocycles. The fourth-order valence-electron chi connectivity index (χ4n) is 2.82. The van der Waals surface area contributed by atoms with E-state index in [1.807, 2.05) is 42.5 Å². The van der Waals surface area contributed by atoms with E-state index in [4.69, 9.17) is 14.3 Å². The van der Waals surface area contributed by atoms with Crippen LogP contribution in [0.3, 0.4) is 0 Å². The van der Waals surface area contributed by atoms with Crippen LogP contribution in [-0.2, 0) is 0 Å². The van der Waals surface area contributed by atoms with Crippen LogP contribution in [0.4, 0.5) is 17.3 Å². The molecule has 0 fully saturated rings. The SMILES string of the molecule is COc1ccc(-c2cc(=[NH+]CCCCCO)c3ccccc3o2)cc1.F[B-](F)(F)F. The molecule has 0 radical (unpaired) electrons. The Morgan fingerprint density at radius 3 is 2.27 bits per heavy atom. The Balaban J connectivity index is 0.000000575. The molecule has 9 heteroatoms. The van der Waals surface area contributed by atoms with Crippen LogP contribution in [-0.4, -0.2) is 32.6 Å². The Hall–Kier alpha value is -2.81. The number of rotatable bonds is 7. The number of unbranched alkanes of at least 4 members (excludes halogenated alkanes) is 2. The number of hydrogen-bond acceptors (Lipinski definition) is 3. The van der Waals surface area contributed by atoms with Crippen LogP contribution < -0.4 is 15.1 Å². The van der Waals surface area contributed by atoms with E-state index in [0.29, 0.717) is 0 Å². The normalized spacial score (nSPS) is 11.9. The number of ether oxygens (including phenoxy) is 1. The van der Waals surface area contributed by atoms with Crippen molar-refractivity contribution in [1.82, 2.24) is 0 Å². The lowest BCUT2D eigenvalue weighted by atomic mass is 10.1. The zero-order valence-electron chi connectivity index (χ0n) is 16.6. The minimum Gasteiger partial charge on any atom is -0.497 e. The molecule has 162 valence electrons. The average molecular weight is 425 g/mol. The maximum absolute atomic E-state index is 9.75. The van der Waals surface area contributed by atoms with Crippen LogP contribution in [0.5, 0.6) is 5.75 Å². The Kier molecular flexibility index (Phi) is 8.92. The predicted molar refractivity (Wildman–Crippen MR) is 108 cm³/mol. The first-order valence-electron chi connectivity index (χ1n) is 9.54. The first kappa shape index (κ1) is 23.5. The van der Waals surface area contributed by atoms with E-state index in [-0.39, 0.29) is 6.61 Å². The predicted octanol–water partition coefficient (Wildman–Crippen LogP) is 3.55. The van der Waals surface area contributed by atoms with Crippen molar-refractivity contribution in [2.24, 2.45) is 0 Å². The van der Waals surface area contributed by atoms with Gasteiger partial charge in [-0.3, -0.25) is 0 Å². The average Bonchev–Trinajstić information content (AvgIpc) is 2.72. The van der Waals surface area contributed by atoms with Gasteiger partial charge in [-0.05, 0) is 49.2 Å². The van der Waals surface area contributed by atoms with Gasteiger partial charge in [0.05, 0.1) is 18.6 Å². The van der Waals surface area contributed by atoms with Crippen molar-refractivity contribution in [3.05, 3.63) is 60.0 Å². The third kappa shape index (κ3) is 7.90. The summed E-state index contributed by atoms with van der Waals surface area (Å²) in [4.78, 5) is 3.51. The summed E-state index contributed by atoms with van der Waals surface area (Å²) in [5, 5.41) is 11.0. The molecule has 2 aromatic carbocycles. The van der Waals surface area contributed by atoms with Gasteiger partial charge in [-0.15, -0.1) is 0 Å². The summed E-state index contributed by atoms with van der Waals surface area (Å²) >= 11 is 0. The first-order valence-corrected chi connectivity index (χ1v) is 9.54. The summed E-state index contributed by atoms with van der Waals surface area (Å²) in [5.74, 6) is 1.64. The zero-order valence-corrected chi connectivity index (χ0v) is 16.6. The number of hydrogen-bond donors (Lipinski definition) is 2. The second-order valence-corrected chi connectivity index (χ2v) is 6.45. The number of aliphatic hydroxyl groups is 1. The van der Waals surface area contributed by atoms with E-state index in [0.717, 1.165) is 59.2 Å². The number of methoxy groups -OCH3 is 1. The lowest BCUT2D eigenvalue weighted by molar-refractivity contribution is -0.499. The number of fused-ring (bicyclic) bond motifs is 1. The van der Waals surface area contributed by atoms with Crippen LogP contribution in [0, 0.1) is 0 Å². The summed E-state index contributed by atoms with van der Waals surface area (Å²) in [5.41, 5.74) is 1.86. The maximum Gasteiger partial charge on any atom is 0.673 e. The van der Waals surface area contributed by atoms with E-state index in [9.17, 15) is 17.3 Å². The van der Waals surface area contributed by atoms with Gasteiger partial charge in [-0.1, -0.05) is 12.1 Å². The number of benzene rings is 2. The molecule has 4 nitrogen and oxygen atoms in total. The summed E-state index contributed by atoms with van der Waals surface area (Å²) in [6.45, 7) is 1.13. The fourth-order valence-corrected chi connectivity index (χ4v) is 2.82. The van der Waals surface area contributed by atoms with Crippen molar-refractivity contribution in [1.29, 1.82) is 0 Å². The van der Waals surface area contributed by atoms with Gasteiger partial charge in [0.25, 0.3) is 0 Å². The van der Waals surface area contributed by atoms with Crippen molar-refractivity contribution >= 4 is 18.2 Å². The van der Waals surface area contributed by atoms with Crippen LogP contribution in [0.15, 0.2) is 59.0 Å². The van der Waals surface area contributed by atoms with E-state index in [1.165, 1.54) is 0 Å². The Morgan fingerprint density at radius 1 is 0.967 bits per heavy atom. The molecule has 1 heterocycles. The van der Waals surface area contributed by atoms with Gasteiger partial charge in [0.2, 0.25) is 5.36 Å². The molecule has 1 aromatic heterocycles. The van der Waals surface area contributed by atoms with E-state index >= 15 is 0 Å². The van der Waals surface area contributed by atoms with E-state index in [2.05, 4.69) is 17.1 Å². The molecule has 0 unspecified atom stereocenters. The van der Waals surface area contributed by atoms with Gasteiger partial charge in [0.1, 0.15) is 23.6 Å². The minimum atomic E-state index is -6.00. The number of para-hydroxylation sites is 1. The molecule has 0 saturated carbocycles. The van der Waals surface area contributed by atoms with Crippen molar-refractivity contribution in [2.45, 2.75) is 19.3 Å². The number of nitrogens with one attached hydrogen (secondary N) is 1. The number of halogens is 4. The molecular formula is C21H24BF4NO3. The van der Waals surface area contributed by atoms with Crippen molar-refractivity contribution < 1.29 is 36.5 Å². The molecule has 3 aromatic rings. The molecule has 0 aliphatic rings. The highest BCUT2D eigenvalue weighted by atomic mass is 19.5. The van der Waals surface area contributed by atoms with E-state index in [1.54, 1.807) is 7.11 Å². The zero-order chi connectivity index (χ0) is 22.0. The highest BCUT2D eigenvalue weighted by Gasteiger charge is 2.20. The second kappa shape index (κ2) is 11.4. The number of aliphatic hydroxyl groups excluding tert-OH is 1. The third-order valence-electron chi connectivity index (χ3n) is 4.20. The Morgan fingerprint density at radius 2 is 1.63 bits per heavy atom. The summed E-state index contributed by atoms with van der Waals surface area (Å²) in [7, 11) is -4.34. The van der Waals surface area contributed by atoms with Crippen LogP contribution >= 0.6 is 0 Å². The Bertz CT molecular complexity index is 982. The topological polar surface area (TPSA) is 56.6 Å². The van der Waals surface area contributed by atoms with Crippen molar-refractivity contribution in [3.63, 3.8) is 0 Å². The molecule has 2 N–H and O–H groups in total. The van der Waals surface area contributed by atoms with Gasteiger partial charge >= 0.3 is 7.25 Å². The second-order valence-electron chi connectivity index (χ2n) is 6.45. The molecule has 0 atom stereocenters. The third-order valence-corrected chi connectivity index (χ3v) is 4.20. The molecule has 30 heavy (non-hydrogen) atoms. The molecular weight excluding hydrogens is 401 g/mol. The molecule has 0 amide bonds. The quantitative estimate of drug-likeness (QED) is 0.346. The monoisotopic (exact) mass is 425 g/mol. The lowest BCUT2D eigenvalue weighted by Gasteiger charge is -2.04. The summed E-state index contributed by atoms with van der Waals surface area (Å²) < 4.78 is 50.3. The molecule has 0 spiro atoms. The minimum absolute atomic E-state index is 0.259. The molecule has 0 bridgehead atoms. The van der Waals surface area contributed by atoms with Crippen LogP contribution in [0.2, 0.25) is 0 Å². The van der Waals surface area contributed by atoms with Gasteiger partial charge in [0, 0.05) is 18.6 Å². The Labute approximate surface area is 171 Å². The fraction of sp³-hybridized carbons (Fsp3) is 0.286. The van der Waals surface area contributed by atoms with Crippen molar-refractivity contribution in [2.75, 3.05) is 20.3 Å². The van der Waals surface area contributed by atoms with Gasteiger partial charge in [0.15, 0.2) is 0 Å². The van der Waals surface area contributed by atoms with Gasteiger partial charge < -0.3 is 31.5 Å². The van der Waals surface area contributed by atoms with Crippen molar-refractivity contribution in [3.8, 4) is 17.1 Å². The van der Waals surface area contributed by atoms with Gasteiger partial charge in [-0.25, -0.2) is 4.99 Å². The molecule has 3 rings (SSSR count). The highest BCUT2D eigenvalue weighted by Crippen LogP contribution is 2.23. The standard InChI is InChI=1S/C21H23NO3.BF4/c1-24-17-11-9-16(10-12-17)21-15-19(22-13-5-2-6-14-23)18-7-3-4-8-20(18)25-21;2-1(3,4)5/h3-4,7-12,15,23H,2,5-6,13-14H2,1H3;/q;-1/p+1. The largest absolute Gasteiger partial charge is 0.673 e. The maximum atomic E-state index is 9.75. The summed E-state index contributed by atoms with van der Waals surface area (Å²) in [6, 6.07) is 18.0. The first-order chi connectivity index (χ1) is 14.3. The van der Waals surface area contributed by atoms with Gasteiger partial charge in [-0.2, -0.15) is 0 Å². The summed E-state index contributed by atoms with van der Waals surface area (Å²) in [6.07, 6.45) is 2.90. The molecule has 0 saturated heterocycles. The van der Waals surface area contributed by atoms with E-state index < -0.39 is 7.25 Å². The van der Waals surface area contributed by atoms with Crippen LogP contribution in [0.1, 0.15) is 19.3 Å². The molecule has 0 aliphatic heterocycles. The van der Waals surface area contributed by atoms with Crippen LogP contribution in [0.25, 0.3) is 22.3 Å². The smallest absolute Gasteiger partial charge is 0.497 e. The highest BCUT2D eigenvalue weighted by molar-refractivity contribution is 6.50. The lowest BCUT2D eigenvalue weighted by Crippen LogP contribution is -2.76.